The number of nitrogens with zero attached hydrogens (tertiary/aromatic N) is 1. The van der Waals surface area contributed by atoms with Gasteiger partial charge in [0.15, 0.2) is 0 Å². The monoisotopic (exact) mass is 567 g/mol. The van der Waals surface area contributed by atoms with Gasteiger partial charge in [-0.1, -0.05) is 104 Å². The summed E-state index contributed by atoms with van der Waals surface area (Å²) in [7, 11) is -0.404. The van der Waals surface area contributed by atoms with Crippen molar-refractivity contribution >= 4 is 40.8 Å². The number of anilines is 3. The van der Waals surface area contributed by atoms with Crippen molar-refractivity contribution in [2.75, 3.05) is 4.90 Å². The third-order valence-electron chi connectivity index (χ3n) is 8.46. The van der Waals surface area contributed by atoms with E-state index in [4.69, 9.17) is 9.31 Å². The first kappa shape index (κ1) is 30.3. The van der Waals surface area contributed by atoms with Gasteiger partial charge in [-0.2, -0.15) is 0 Å². The van der Waals surface area contributed by atoms with Crippen LogP contribution in [0.2, 0.25) is 0 Å². The highest BCUT2D eigenvalue weighted by Crippen LogP contribution is 2.41. The largest absolute Gasteiger partial charge is 0.494 e. The van der Waals surface area contributed by atoms with Crippen LogP contribution in [0.25, 0.3) is 11.1 Å². The van der Waals surface area contributed by atoms with Gasteiger partial charge in [-0.15, -0.1) is 0 Å². The fourth-order valence-corrected chi connectivity index (χ4v) is 5.39. The maximum Gasteiger partial charge on any atom is 0.494 e. The van der Waals surface area contributed by atoms with Gasteiger partial charge in [0, 0.05) is 16.9 Å². The molecule has 0 atom stereocenters. The fourth-order valence-electron chi connectivity index (χ4n) is 5.39. The molecule has 1 heterocycles. The highest BCUT2D eigenvalue weighted by atomic mass is 16.7. The Morgan fingerprint density at radius 3 is 2.14 bits per heavy atom. The molecule has 0 radical (unpaired) electrons. The molecular weight excluding hydrogens is 525 g/mol. The van der Waals surface area contributed by atoms with E-state index in [2.05, 4.69) is 155 Å². The Morgan fingerprint density at radius 1 is 0.837 bits per heavy atom. The van der Waals surface area contributed by atoms with Gasteiger partial charge in [0.25, 0.3) is 0 Å². The zero-order valence-corrected chi connectivity index (χ0v) is 26.1. The van der Waals surface area contributed by atoms with E-state index in [1.807, 2.05) is 19.1 Å². The molecule has 1 fully saturated rings. The van der Waals surface area contributed by atoms with Gasteiger partial charge < -0.3 is 14.2 Å². The van der Waals surface area contributed by atoms with Crippen molar-refractivity contribution < 1.29 is 9.31 Å². The Hall–Kier alpha value is -4.12. The molecule has 3 aromatic rings. The van der Waals surface area contributed by atoms with Gasteiger partial charge in [-0.25, -0.2) is 0 Å². The summed E-state index contributed by atoms with van der Waals surface area (Å²) in [4.78, 5) is 2.34. The van der Waals surface area contributed by atoms with Crippen molar-refractivity contribution in [1.82, 2.24) is 0 Å². The molecule has 3 aromatic carbocycles. The Labute approximate surface area is 258 Å². The lowest BCUT2D eigenvalue weighted by molar-refractivity contribution is 0.00578. The zero-order valence-electron chi connectivity index (χ0n) is 26.1. The van der Waals surface area contributed by atoms with Crippen LogP contribution in [0.4, 0.5) is 17.1 Å². The van der Waals surface area contributed by atoms with Crippen LogP contribution in [0.15, 0.2) is 134 Å². The van der Waals surface area contributed by atoms with Crippen molar-refractivity contribution in [3.05, 3.63) is 145 Å². The van der Waals surface area contributed by atoms with Crippen LogP contribution < -0.4 is 10.4 Å². The van der Waals surface area contributed by atoms with Gasteiger partial charge in [0.05, 0.1) is 16.9 Å². The average molecular weight is 568 g/mol. The number of rotatable bonds is 8. The lowest BCUT2D eigenvalue weighted by atomic mass is 9.79. The van der Waals surface area contributed by atoms with Crippen LogP contribution >= 0.6 is 0 Å². The molecule has 4 heteroatoms. The minimum Gasteiger partial charge on any atom is -0.399 e. The van der Waals surface area contributed by atoms with Crippen molar-refractivity contribution in [1.29, 1.82) is 0 Å². The Balaban J connectivity index is 1.59. The molecule has 0 saturated carbocycles. The van der Waals surface area contributed by atoms with E-state index in [0.29, 0.717) is 0 Å². The first-order chi connectivity index (χ1) is 20.7. The number of allylic oxidation sites excluding steroid dienone is 11. The second-order valence-corrected chi connectivity index (χ2v) is 12.0. The minimum atomic E-state index is -0.404. The standard InChI is InChI=1S/C39H42BNO2/c1-7-16-30(17-8-2)31-22-26-34(27-23-31)41(37-21-15-14-20-36(37)32-18-12-10-9-11-13-19-32)35-28-24-33(25-29-35)40-42-38(3,4)39(5,6)43-40/h7-10,12,14-29H,1,11,13H2,2-6H3/b10-9+,17-8-,18-12-,30-16+,32-19+. The maximum atomic E-state index is 6.34. The highest BCUT2D eigenvalue weighted by Gasteiger charge is 2.51. The van der Waals surface area contributed by atoms with E-state index >= 15 is 0 Å². The zero-order chi connectivity index (χ0) is 30.5. The lowest BCUT2D eigenvalue weighted by Gasteiger charge is -2.32. The molecule has 1 saturated heterocycles. The molecule has 2 aliphatic rings. The van der Waals surface area contributed by atoms with E-state index in [9.17, 15) is 0 Å². The van der Waals surface area contributed by atoms with Gasteiger partial charge in [0.1, 0.15) is 0 Å². The molecule has 0 amide bonds. The third kappa shape index (κ3) is 6.61. The molecule has 0 spiro atoms. The second kappa shape index (κ2) is 13.0. The van der Waals surface area contributed by atoms with E-state index < -0.39 is 7.12 Å². The number of hydrogen-bond donors (Lipinski definition) is 0. The van der Waals surface area contributed by atoms with E-state index in [0.717, 1.165) is 46.5 Å². The summed E-state index contributed by atoms with van der Waals surface area (Å²) >= 11 is 0. The van der Waals surface area contributed by atoms with Crippen LogP contribution in [-0.2, 0) is 9.31 Å². The Bertz CT molecular complexity index is 1570. The number of para-hydroxylation sites is 1. The SMILES string of the molecule is C=C/C=C(\C=C/C)c1ccc(N(c2ccc(B3OC(C)(C)C(C)(C)O3)cc2)c2ccccc2C2=C/CC/C=C/C=C\2)cc1. The molecule has 0 bridgehead atoms. The third-order valence-corrected chi connectivity index (χ3v) is 8.46. The predicted molar refractivity (Wildman–Crippen MR) is 185 cm³/mol. The molecule has 1 aliphatic carbocycles. The normalized spacial score (nSPS) is 20.6. The summed E-state index contributed by atoms with van der Waals surface area (Å²) in [6.45, 7) is 14.3. The summed E-state index contributed by atoms with van der Waals surface area (Å²) in [5.41, 5.74) is 8.17. The average Bonchev–Trinajstić information content (AvgIpc) is 3.20. The summed E-state index contributed by atoms with van der Waals surface area (Å²) in [5, 5.41) is 0. The van der Waals surface area contributed by atoms with Crippen molar-refractivity contribution in [2.24, 2.45) is 0 Å². The molecular formula is C39H42BNO2. The van der Waals surface area contributed by atoms with Gasteiger partial charge >= 0.3 is 7.12 Å². The topological polar surface area (TPSA) is 21.7 Å². The van der Waals surface area contributed by atoms with Gasteiger partial charge in [-0.05, 0) is 100.0 Å². The van der Waals surface area contributed by atoms with Gasteiger partial charge in [-0.3, -0.25) is 0 Å². The van der Waals surface area contributed by atoms with E-state index in [1.165, 1.54) is 11.1 Å². The van der Waals surface area contributed by atoms with Gasteiger partial charge in [0.2, 0.25) is 0 Å². The summed E-state index contributed by atoms with van der Waals surface area (Å²) in [6, 6.07) is 26.0. The molecule has 0 aromatic heterocycles. The van der Waals surface area contributed by atoms with Crippen LogP contribution in [0.1, 0.15) is 58.6 Å². The van der Waals surface area contributed by atoms with Crippen LogP contribution in [-0.4, -0.2) is 18.3 Å². The Kier molecular flexibility index (Phi) is 9.20. The van der Waals surface area contributed by atoms with Crippen molar-refractivity contribution in [3.63, 3.8) is 0 Å². The highest BCUT2D eigenvalue weighted by molar-refractivity contribution is 6.62. The van der Waals surface area contributed by atoms with Crippen LogP contribution in [0.5, 0.6) is 0 Å². The summed E-state index contributed by atoms with van der Waals surface area (Å²) in [5.74, 6) is 0. The van der Waals surface area contributed by atoms with Crippen LogP contribution in [0, 0.1) is 0 Å². The molecule has 43 heavy (non-hydrogen) atoms. The Morgan fingerprint density at radius 2 is 1.49 bits per heavy atom. The number of hydrogen-bond acceptors (Lipinski definition) is 3. The first-order valence-electron chi connectivity index (χ1n) is 15.2. The van der Waals surface area contributed by atoms with E-state index in [1.54, 1.807) is 0 Å². The van der Waals surface area contributed by atoms with E-state index in [-0.39, 0.29) is 11.2 Å². The minimum absolute atomic E-state index is 0.386. The molecule has 5 rings (SSSR count). The second-order valence-electron chi connectivity index (χ2n) is 12.0. The molecule has 218 valence electrons. The lowest BCUT2D eigenvalue weighted by Crippen LogP contribution is -2.41. The smallest absolute Gasteiger partial charge is 0.399 e. The van der Waals surface area contributed by atoms with Crippen molar-refractivity contribution in [3.8, 4) is 0 Å². The fraction of sp³-hybridized carbons (Fsp3) is 0.231. The quantitative estimate of drug-likeness (QED) is 0.200. The molecule has 0 N–H and O–H groups in total. The molecule has 3 nitrogen and oxygen atoms in total. The molecule has 0 unspecified atom stereocenters. The predicted octanol–water partition coefficient (Wildman–Crippen LogP) is 9.89. The van der Waals surface area contributed by atoms with Crippen LogP contribution in [0.3, 0.4) is 0 Å². The molecule has 1 aliphatic heterocycles. The number of benzene rings is 3. The first-order valence-corrected chi connectivity index (χ1v) is 15.2. The maximum absolute atomic E-state index is 6.34. The summed E-state index contributed by atoms with van der Waals surface area (Å²) in [6.07, 6.45) is 21.1. The van der Waals surface area contributed by atoms with Crippen molar-refractivity contribution in [2.45, 2.75) is 58.7 Å². The summed E-state index contributed by atoms with van der Waals surface area (Å²) < 4.78 is 12.7.